The minimum atomic E-state index is -0.340. The van der Waals surface area contributed by atoms with Crippen LogP contribution in [0.1, 0.15) is 22.7 Å². The van der Waals surface area contributed by atoms with Crippen molar-refractivity contribution >= 4 is 15.9 Å². The maximum absolute atomic E-state index is 13.7. The molecule has 0 aromatic heterocycles. The monoisotopic (exact) mass is 338 g/mol. The fraction of sp³-hybridized carbons (Fsp3) is 0.200. The van der Waals surface area contributed by atoms with Crippen molar-refractivity contribution in [2.75, 3.05) is 7.11 Å². The fourth-order valence-corrected chi connectivity index (χ4v) is 2.42. The van der Waals surface area contributed by atoms with Crippen LogP contribution in [0.2, 0.25) is 0 Å². The van der Waals surface area contributed by atoms with Gasteiger partial charge in [-0.1, -0.05) is 34.1 Å². The Morgan fingerprint density at radius 2 is 2.00 bits per heavy atom. The third kappa shape index (κ3) is 3.00. The summed E-state index contributed by atoms with van der Waals surface area (Å²) in [5.74, 6) is 6.08. The number of nitrogens with one attached hydrogen (secondary N) is 1. The lowest BCUT2D eigenvalue weighted by Crippen LogP contribution is -2.29. The topological polar surface area (TPSA) is 47.3 Å². The molecular weight excluding hydrogens is 323 g/mol. The molecule has 0 aliphatic heterocycles. The summed E-state index contributed by atoms with van der Waals surface area (Å²) in [4.78, 5) is 0. The van der Waals surface area contributed by atoms with E-state index >= 15 is 0 Å². The smallest absolute Gasteiger partial charge is 0.126 e. The number of methoxy groups -OCH3 is 1. The molecule has 0 bridgehead atoms. The summed E-state index contributed by atoms with van der Waals surface area (Å²) < 4.78 is 20.0. The Bertz CT molecular complexity index is 619. The van der Waals surface area contributed by atoms with Crippen LogP contribution in [-0.4, -0.2) is 7.11 Å². The molecule has 5 heteroatoms. The van der Waals surface area contributed by atoms with E-state index in [1.54, 1.807) is 20.1 Å². The Hall–Kier alpha value is -1.43. The molecule has 106 valence electrons. The first-order chi connectivity index (χ1) is 9.56. The van der Waals surface area contributed by atoms with Gasteiger partial charge in [0.25, 0.3) is 0 Å². The lowest BCUT2D eigenvalue weighted by atomic mass is 9.97. The van der Waals surface area contributed by atoms with Crippen molar-refractivity contribution < 1.29 is 9.13 Å². The SMILES string of the molecule is COc1cc(Br)ccc1C(NN)c1ccc(C)c(F)c1. The number of hydrazine groups is 1. The number of nitrogens with two attached hydrogens (primary N) is 1. The quantitative estimate of drug-likeness (QED) is 0.663. The molecule has 0 saturated carbocycles. The van der Waals surface area contributed by atoms with Gasteiger partial charge in [0.1, 0.15) is 11.6 Å². The second-order valence-corrected chi connectivity index (χ2v) is 5.41. The standard InChI is InChI=1S/C15H16BrFN2O/c1-9-3-4-10(7-13(9)17)15(19-18)12-6-5-11(16)8-14(12)20-2/h3-8,15,19H,18H2,1-2H3. The normalized spacial score (nSPS) is 12.2. The molecule has 0 spiro atoms. The third-order valence-corrected chi connectivity index (χ3v) is 3.70. The van der Waals surface area contributed by atoms with E-state index in [0.29, 0.717) is 11.3 Å². The van der Waals surface area contributed by atoms with Crippen LogP contribution in [-0.2, 0) is 0 Å². The molecular formula is C15H16BrFN2O. The summed E-state index contributed by atoms with van der Waals surface area (Å²) in [7, 11) is 1.59. The minimum absolute atomic E-state index is 0.251. The molecule has 0 amide bonds. The largest absolute Gasteiger partial charge is 0.496 e. The van der Waals surface area contributed by atoms with Crippen LogP contribution in [0.3, 0.4) is 0 Å². The highest BCUT2D eigenvalue weighted by Gasteiger charge is 2.18. The van der Waals surface area contributed by atoms with E-state index in [9.17, 15) is 4.39 Å². The maximum Gasteiger partial charge on any atom is 0.126 e. The number of hydrogen-bond donors (Lipinski definition) is 2. The average molecular weight is 339 g/mol. The number of hydrogen-bond acceptors (Lipinski definition) is 3. The number of benzene rings is 2. The Kier molecular flexibility index (Phi) is 4.75. The molecule has 3 N–H and O–H groups in total. The van der Waals surface area contributed by atoms with Crippen LogP contribution >= 0.6 is 15.9 Å². The average Bonchev–Trinajstić information content (AvgIpc) is 2.44. The molecule has 0 radical (unpaired) electrons. The van der Waals surface area contributed by atoms with E-state index in [1.807, 2.05) is 24.3 Å². The molecule has 0 saturated heterocycles. The molecule has 3 nitrogen and oxygen atoms in total. The number of rotatable bonds is 4. The first-order valence-electron chi connectivity index (χ1n) is 6.12. The van der Waals surface area contributed by atoms with Crippen molar-refractivity contribution in [3.63, 3.8) is 0 Å². The molecule has 0 heterocycles. The van der Waals surface area contributed by atoms with Crippen molar-refractivity contribution in [1.82, 2.24) is 5.43 Å². The van der Waals surface area contributed by atoms with E-state index < -0.39 is 0 Å². The van der Waals surface area contributed by atoms with Gasteiger partial charge in [-0.2, -0.15) is 0 Å². The molecule has 0 aliphatic rings. The van der Waals surface area contributed by atoms with E-state index in [2.05, 4.69) is 21.4 Å². The van der Waals surface area contributed by atoms with Gasteiger partial charge in [-0.25, -0.2) is 9.82 Å². The molecule has 20 heavy (non-hydrogen) atoms. The number of halogens is 2. The zero-order chi connectivity index (χ0) is 14.7. The van der Waals surface area contributed by atoms with Crippen molar-refractivity contribution in [3.8, 4) is 5.75 Å². The number of ether oxygens (including phenoxy) is 1. The Labute approximate surface area is 126 Å². The predicted molar refractivity (Wildman–Crippen MR) is 81.0 cm³/mol. The van der Waals surface area contributed by atoms with E-state index in [1.165, 1.54) is 6.07 Å². The predicted octanol–water partition coefficient (Wildman–Crippen LogP) is 3.46. The van der Waals surface area contributed by atoms with Crippen LogP contribution in [0, 0.1) is 12.7 Å². The van der Waals surface area contributed by atoms with Crippen molar-refractivity contribution in [1.29, 1.82) is 0 Å². The molecule has 0 fully saturated rings. The van der Waals surface area contributed by atoms with Crippen molar-refractivity contribution in [2.45, 2.75) is 13.0 Å². The van der Waals surface area contributed by atoms with Crippen LogP contribution < -0.4 is 16.0 Å². The second-order valence-electron chi connectivity index (χ2n) is 4.49. The third-order valence-electron chi connectivity index (χ3n) is 3.20. The molecule has 2 aromatic rings. The molecule has 0 aliphatic carbocycles. The van der Waals surface area contributed by atoms with Gasteiger partial charge in [-0.05, 0) is 36.2 Å². The van der Waals surface area contributed by atoms with Crippen molar-refractivity contribution in [3.05, 3.63) is 63.4 Å². The Morgan fingerprint density at radius 1 is 1.25 bits per heavy atom. The highest BCUT2D eigenvalue weighted by molar-refractivity contribution is 9.10. The van der Waals surface area contributed by atoms with Crippen LogP contribution in [0.5, 0.6) is 5.75 Å². The van der Waals surface area contributed by atoms with Gasteiger partial charge >= 0.3 is 0 Å². The van der Waals surface area contributed by atoms with E-state index in [-0.39, 0.29) is 11.9 Å². The van der Waals surface area contributed by atoms with E-state index in [0.717, 1.165) is 15.6 Å². The van der Waals surface area contributed by atoms with Gasteiger partial charge in [0.2, 0.25) is 0 Å². The van der Waals surface area contributed by atoms with Crippen LogP contribution in [0.25, 0.3) is 0 Å². The summed E-state index contributed by atoms with van der Waals surface area (Å²) in [5.41, 5.74) is 4.91. The van der Waals surface area contributed by atoms with Crippen molar-refractivity contribution in [2.24, 2.45) is 5.84 Å². The van der Waals surface area contributed by atoms with Gasteiger partial charge in [0.05, 0.1) is 13.2 Å². The molecule has 1 unspecified atom stereocenters. The molecule has 2 aromatic carbocycles. The first-order valence-corrected chi connectivity index (χ1v) is 6.91. The summed E-state index contributed by atoms with van der Waals surface area (Å²) in [6.07, 6.45) is 0. The van der Waals surface area contributed by atoms with Crippen LogP contribution in [0.4, 0.5) is 4.39 Å². The zero-order valence-electron chi connectivity index (χ0n) is 11.3. The van der Waals surface area contributed by atoms with Gasteiger partial charge in [0, 0.05) is 10.0 Å². The maximum atomic E-state index is 13.7. The fourth-order valence-electron chi connectivity index (χ4n) is 2.08. The summed E-state index contributed by atoms with van der Waals surface area (Å²) >= 11 is 3.39. The van der Waals surface area contributed by atoms with Gasteiger partial charge in [-0.3, -0.25) is 5.84 Å². The Morgan fingerprint density at radius 3 is 2.60 bits per heavy atom. The molecule has 1 atom stereocenters. The zero-order valence-corrected chi connectivity index (χ0v) is 12.9. The summed E-state index contributed by atoms with van der Waals surface area (Å²) in [5, 5.41) is 0. The highest BCUT2D eigenvalue weighted by atomic mass is 79.9. The summed E-state index contributed by atoms with van der Waals surface area (Å²) in [6, 6.07) is 10.4. The Balaban J connectivity index is 2.49. The lowest BCUT2D eigenvalue weighted by Gasteiger charge is -2.20. The molecule has 2 rings (SSSR count). The first kappa shape index (κ1) is 15.0. The van der Waals surface area contributed by atoms with Gasteiger partial charge < -0.3 is 4.74 Å². The van der Waals surface area contributed by atoms with Crippen LogP contribution in [0.15, 0.2) is 40.9 Å². The van der Waals surface area contributed by atoms with Gasteiger partial charge in [-0.15, -0.1) is 0 Å². The summed E-state index contributed by atoms with van der Waals surface area (Å²) in [6.45, 7) is 1.73. The minimum Gasteiger partial charge on any atom is -0.496 e. The lowest BCUT2D eigenvalue weighted by molar-refractivity contribution is 0.404. The second kappa shape index (κ2) is 6.35. The number of aryl methyl sites for hydroxylation is 1. The van der Waals surface area contributed by atoms with E-state index in [4.69, 9.17) is 10.6 Å². The van der Waals surface area contributed by atoms with Gasteiger partial charge in [0.15, 0.2) is 0 Å². The highest BCUT2D eigenvalue weighted by Crippen LogP contribution is 2.32.